The molecule has 0 aliphatic rings. The number of nitrogens with zero attached hydrogens (tertiary/aromatic N) is 1. The minimum atomic E-state index is -0.912. The van der Waals surface area contributed by atoms with Gasteiger partial charge in [0.2, 0.25) is 0 Å². The summed E-state index contributed by atoms with van der Waals surface area (Å²) in [6.45, 7) is 6.07. The van der Waals surface area contributed by atoms with Crippen LogP contribution < -0.4 is 25.5 Å². The van der Waals surface area contributed by atoms with Crippen LogP contribution >= 0.6 is 11.6 Å². The molecule has 0 atom stereocenters. The molecule has 0 radical (unpaired) electrons. The average molecular weight is 551 g/mol. The van der Waals surface area contributed by atoms with E-state index in [0.717, 1.165) is 17.5 Å². The highest BCUT2D eigenvalue weighted by Gasteiger charge is 2.15. The number of halogens is 1. The van der Waals surface area contributed by atoms with Crippen molar-refractivity contribution in [3.8, 4) is 11.5 Å². The van der Waals surface area contributed by atoms with Crippen LogP contribution in [0.2, 0.25) is 5.02 Å². The van der Waals surface area contributed by atoms with Crippen molar-refractivity contribution in [1.29, 1.82) is 0 Å². The molecule has 0 fully saturated rings. The Bertz CT molecular complexity index is 1320. The number of aryl methyl sites for hydroxylation is 2. The normalized spacial score (nSPS) is 10.7. The van der Waals surface area contributed by atoms with Crippen LogP contribution in [-0.4, -0.2) is 37.1 Å². The summed E-state index contributed by atoms with van der Waals surface area (Å²) in [7, 11) is 0. The van der Waals surface area contributed by atoms with Crippen LogP contribution in [0, 0.1) is 6.92 Å². The number of rotatable bonds is 11. The first-order valence-corrected chi connectivity index (χ1v) is 12.8. The average Bonchev–Trinajstić information content (AvgIpc) is 2.92. The fourth-order valence-corrected chi connectivity index (χ4v) is 3.68. The minimum Gasteiger partial charge on any atom is -0.490 e. The molecule has 39 heavy (non-hydrogen) atoms. The summed E-state index contributed by atoms with van der Waals surface area (Å²) in [5.74, 6) is -1.58. The number of carbonyl (C=O) groups excluding carboxylic acids is 3. The minimum absolute atomic E-state index is 0.185. The topological polar surface area (TPSA) is 118 Å². The molecule has 3 amide bonds. The third kappa shape index (κ3) is 9.15. The highest BCUT2D eigenvalue weighted by Crippen LogP contribution is 2.36. The monoisotopic (exact) mass is 550 g/mol. The lowest BCUT2D eigenvalue weighted by Gasteiger charge is -2.14. The molecule has 3 aromatic carbocycles. The van der Waals surface area contributed by atoms with Crippen molar-refractivity contribution in [3.05, 3.63) is 87.9 Å². The molecule has 0 aliphatic carbocycles. The van der Waals surface area contributed by atoms with Crippen LogP contribution in [0.3, 0.4) is 0 Å². The lowest BCUT2D eigenvalue weighted by atomic mass is 10.1. The summed E-state index contributed by atoms with van der Waals surface area (Å²) in [6.07, 6.45) is 2.23. The molecule has 9 nitrogen and oxygen atoms in total. The predicted octanol–water partition coefficient (Wildman–Crippen LogP) is 4.39. The molecule has 0 saturated carbocycles. The van der Waals surface area contributed by atoms with Gasteiger partial charge in [0.25, 0.3) is 5.91 Å². The molecule has 204 valence electrons. The Hall–Kier alpha value is -4.37. The highest BCUT2D eigenvalue weighted by atomic mass is 35.5. The van der Waals surface area contributed by atoms with E-state index < -0.39 is 11.8 Å². The third-order valence-electron chi connectivity index (χ3n) is 5.48. The lowest BCUT2D eigenvalue weighted by Crippen LogP contribution is -2.37. The SMILES string of the molecule is CCOc1cc(/C=N\NC(=O)C(=O)NCc2ccc(C)cc2)cc(Cl)c1OCC(=O)Nc1ccc(CC)cc1. The van der Waals surface area contributed by atoms with E-state index in [1.165, 1.54) is 17.8 Å². The maximum absolute atomic E-state index is 12.4. The lowest BCUT2D eigenvalue weighted by molar-refractivity contribution is -0.139. The summed E-state index contributed by atoms with van der Waals surface area (Å²) in [5.41, 5.74) is 6.47. The molecule has 0 saturated heterocycles. The van der Waals surface area contributed by atoms with Gasteiger partial charge < -0.3 is 20.1 Å². The van der Waals surface area contributed by atoms with Crippen LogP contribution in [0.15, 0.2) is 65.8 Å². The van der Waals surface area contributed by atoms with Gasteiger partial charge in [0, 0.05) is 12.2 Å². The van der Waals surface area contributed by atoms with Gasteiger partial charge in [-0.1, -0.05) is 60.5 Å². The van der Waals surface area contributed by atoms with Crippen molar-refractivity contribution in [2.24, 2.45) is 5.10 Å². The summed E-state index contributed by atoms with van der Waals surface area (Å²) in [6, 6.07) is 18.3. The molecule has 0 heterocycles. The number of hydrogen-bond acceptors (Lipinski definition) is 6. The van der Waals surface area contributed by atoms with Gasteiger partial charge in [-0.25, -0.2) is 5.43 Å². The molecule has 0 spiro atoms. The van der Waals surface area contributed by atoms with Gasteiger partial charge in [-0.2, -0.15) is 5.10 Å². The molecule has 0 bridgehead atoms. The Morgan fingerprint density at radius 2 is 1.62 bits per heavy atom. The van der Waals surface area contributed by atoms with Crippen molar-refractivity contribution in [1.82, 2.24) is 10.7 Å². The molecule has 0 aliphatic heterocycles. The Labute approximate surface area is 232 Å². The van der Waals surface area contributed by atoms with E-state index in [4.69, 9.17) is 21.1 Å². The summed E-state index contributed by atoms with van der Waals surface area (Å²) in [5, 5.41) is 9.32. The van der Waals surface area contributed by atoms with Crippen molar-refractivity contribution >= 4 is 41.2 Å². The van der Waals surface area contributed by atoms with Crippen LogP contribution in [0.1, 0.15) is 36.1 Å². The smallest absolute Gasteiger partial charge is 0.329 e. The van der Waals surface area contributed by atoms with Gasteiger partial charge in [-0.3, -0.25) is 14.4 Å². The van der Waals surface area contributed by atoms with Gasteiger partial charge in [-0.15, -0.1) is 0 Å². The molecular formula is C29H31ClN4O5. The fraction of sp³-hybridized carbons (Fsp3) is 0.241. The second kappa shape index (κ2) is 14.5. The first-order valence-electron chi connectivity index (χ1n) is 12.4. The van der Waals surface area contributed by atoms with Crippen molar-refractivity contribution < 1.29 is 23.9 Å². The number of ether oxygens (including phenoxy) is 2. The maximum Gasteiger partial charge on any atom is 0.329 e. The zero-order valence-electron chi connectivity index (χ0n) is 22.0. The van der Waals surface area contributed by atoms with Gasteiger partial charge in [-0.05, 0) is 61.2 Å². The number of benzene rings is 3. The number of hydrogen-bond donors (Lipinski definition) is 3. The number of carbonyl (C=O) groups is 3. The molecular weight excluding hydrogens is 520 g/mol. The van der Waals surface area contributed by atoms with Crippen LogP contribution in [0.5, 0.6) is 11.5 Å². The highest BCUT2D eigenvalue weighted by molar-refractivity contribution is 6.35. The molecule has 0 unspecified atom stereocenters. The van der Waals surface area contributed by atoms with E-state index in [1.807, 2.05) is 55.5 Å². The van der Waals surface area contributed by atoms with Crippen LogP contribution in [0.4, 0.5) is 5.69 Å². The van der Waals surface area contributed by atoms with E-state index in [1.54, 1.807) is 13.0 Å². The van der Waals surface area contributed by atoms with Gasteiger partial charge >= 0.3 is 11.8 Å². The Kier molecular flexibility index (Phi) is 10.9. The van der Waals surface area contributed by atoms with E-state index in [0.29, 0.717) is 23.6 Å². The largest absolute Gasteiger partial charge is 0.490 e. The van der Waals surface area contributed by atoms with Gasteiger partial charge in [0.15, 0.2) is 18.1 Å². The molecule has 3 aromatic rings. The Morgan fingerprint density at radius 3 is 2.28 bits per heavy atom. The van der Waals surface area contributed by atoms with Gasteiger partial charge in [0.1, 0.15) is 0 Å². The van der Waals surface area contributed by atoms with Gasteiger partial charge in [0.05, 0.1) is 17.8 Å². The van der Waals surface area contributed by atoms with Crippen LogP contribution in [0.25, 0.3) is 0 Å². The number of amides is 3. The summed E-state index contributed by atoms with van der Waals surface area (Å²) < 4.78 is 11.3. The van der Waals surface area contributed by atoms with Crippen LogP contribution in [-0.2, 0) is 27.3 Å². The number of anilines is 1. The van der Waals surface area contributed by atoms with Crippen molar-refractivity contribution in [3.63, 3.8) is 0 Å². The predicted molar refractivity (Wildman–Crippen MR) is 151 cm³/mol. The zero-order valence-corrected chi connectivity index (χ0v) is 22.8. The van der Waals surface area contributed by atoms with E-state index in [-0.39, 0.29) is 29.8 Å². The molecule has 3 rings (SSSR count). The molecule has 0 aromatic heterocycles. The van der Waals surface area contributed by atoms with Crippen molar-refractivity contribution in [2.75, 3.05) is 18.5 Å². The quantitative estimate of drug-likeness (QED) is 0.186. The van der Waals surface area contributed by atoms with E-state index in [9.17, 15) is 14.4 Å². The Balaban J connectivity index is 1.56. The number of hydrazone groups is 1. The number of nitrogens with one attached hydrogen (secondary N) is 3. The second-order valence-electron chi connectivity index (χ2n) is 8.52. The molecule has 3 N–H and O–H groups in total. The summed E-state index contributed by atoms with van der Waals surface area (Å²) >= 11 is 6.40. The standard InChI is InChI=1S/C29H31ClN4O5/c1-4-20-10-12-23(13-11-20)33-26(35)18-39-27-24(30)14-22(15-25(27)38-5-2)17-32-34-29(37)28(36)31-16-21-8-6-19(3)7-9-21/h6-15,17H,4-5,16,18H2,1-3H3,(H,31,36)(H,33,35)(H,34,37)/b32-17-. The first kappa shape index (κ1) is 29.2. The first-order chi connectivity index (χ1) is 18.8. The third-order valence-corrected chi connectivity index (χ3v) is 5.77. The Morgan fingerprint density at radius 1 is 0.923 bits per heavy atom. The van der Waals surface area contributed by atoms with Crippen molar-refractivity contribution in [2.45, 2.75) is 33.7 Å². The van der Waals surface area contributed by atoms with E-state index >= 15 is 0 Å². The molecule has 10 heteroatoms. The fourth-order valence-electron chi connectivity index (χ4n) is 3.41. The maximum atomic E-state index is 12.4. The zero-order chi connectivity index (χ0) is 28.2. The van der Waals surface area contributed by atoms with E-state index in [2.05, 4.69) is 28.1 Å². The summed E-state index contributed by atoms with van der Waals surface area (Å²) in [4.78, 5) is 36.5. The second-order valence-corrected chi connectivity index (χ2v) is 8.92.